The van der Waals surface area contributed by atoms with Gasteiger partial charge < -0.3 is 4.74 Å². The highest BCUT2D eigenvalue weighted by Gasteiger charge is 2.08. The van der Waals surface area contributed by atoms with E-state index in [4.69, 9.17) is 4.74 Å². The largest absolute Gasteiger partial charge is 0.489 e. The Hall–Kier alpha value is -2.35. The molecule has 0 saturated carbocycles. The van der Waals surface area contributed by atoms with E-state index in [2.05, 4.69) is 42.8 Å². The van der Waals surface area contributed by atoms with Crippen LogP contribution in [0, 0.1) is 13.8 Å². The van der Waals surface area contributed by atoms with Crippen LogP contribution in [-0.2, 0) is 6.61 Å². The first kappa shape index (κ1) is 15.0. The number of allylic oxidation sites excluding steroid dienone is 1. The maximum absolute atomic E-state index is 5.89. The fraction of sp³-hybridized carbons (Fsp3) is 0.211. The standard InChI is InChI=1S/C19H21NO/c1-5-7-18-16(12-15(4)20-19(18)6-2)13-21-17-10-8-14(3)9-11-17/h5-12H,2,13H2,1,3-4H3/b7-5-. The number of aryl methyl sites for hydroxylation is 2. The predicted molar refractivity (Wildman–Crippen MR) is 89.3 cm³/mol. The molecule has 1 aromatic heterocycles. The zero-order valence-corrected chi connectivity index (χ0v) is 12.9. The Labute approximate surface area is 126 Å². The minimum Gasteiger partial charge on any atom is -0.489 e. The second-order valence-corrected chi connectivity index (χ2v) is 5.03. The average Bonchev–Trinajstić information content (AvgIpc) is 2.48. The average molecular weight is 279 g/mol. The molecule has 0 atom stereocenters. The fourth-order valence-corrected chi connectivity index (χ4v) is 2.21. The van der Waals surface area contributed by atoms with Gasteiger partial charge in [0, 0.05) is 16.8 Å². The van der Waals surface area contributed by atoms with Crippen molar-refractivity contribution in [3.05, 3.63) is 71.1 Å². The molecule has 0 radical (unpaired) electrons. The van der Waals surface area contributed by atoms with E-state index < -0.39 is 0 Å². The number of rotatable bonds is 5. The third-order valence-electron chi connectivity index (χ3n) is 3.24. The summed E-state index contributed by atoms with van der Waals surface area (Å²) < 4.78 is 5.89. The van der Waals surface area contributed by atoms with Crippen molar-refractivity contribution in [1.82, 2.24) is 4.98 Å². The molecule has 2 rings (SSSR count). The van der Waals surface area contributed by atoms with Gasteiger partial charge in [-0.2, -0.15) is 0 Å². The highest BCUT2D eigenvalue weighted by Crippen LogP contribution is 2.20. The minimum absolute atomic E-state index is 0.521. The number of benzene rings is 1. The second-order valence-electron chi connectivity index (χ2n) is 5.03. The highest BCUT2D eigenvalue weighted by atomic mass is 16.5. The molecule has 2 nitrogen and oxygen atoms in total. The molecule has 2 heteroatoms. The van der Waals surface area contributed by atoms with Crippen LogP contribution in [0.25, 0.3) is 12.2 Å². The van der Waals surface area contributed by atoms with Crippen molar-refractivity contribution in [2.24, 2.45) is 0 Å². The van der Waals surface area contributed by atoms with Crippen LogP contribution in [0.15, 0.2) is 43.0 Å². The fourth-order valence-electron chi connectivity index (χ4n) is 2.21. The molecule has 2 aromatic rings. The molecule has 21 heavy (non-hydrogen) atoms. The van der Waals surface area contributed by atoms with Crippen molar-refractivity contribution in [1.29, 1.82) is 0 Å². The maximum Gasteiger partial charge on any atom is 0.119 e. The molecule has 1 heterocycles. The van der Waals surface area contributed by atoms with Crippen LogP contribution in [0.1, 0.15) is 35.0 Å². The van der Waals surface area contributed by atoms with Gasteiger partial charge in [0.25, 0.3) is 0 Å². The van der Waals surface area contributed by atoms with Crippen LogP contribution >= 0.6 is 0 Å². The summed E-state index contributed by atoms with van der Waals surface area (Å²) in [4.78, 5) is 4.51. The summed E-state index contributed by atoms with van der Waals surface area (Å²) >= 11 is 0. The summed E-state index contributed by atoms with van der Waals surface area (Å²) in [6, 6.07) is 10.2. The lowest BCUT2D eigenvalue weighted by Gasteiger charge is -2.12. The quantitative estimate of drug-likeness (QED) is 0.772. The van der Waals surface area contributed by atoms with Crippen LogP contribution in [-0.4, -0.2) is 4.98 Å². The van der Waals surface area contributed by atoms with Gasteiger partial charge >= 0.3 is 0 Å². The van der Waals surface area contributed by atoms with E-state index in [9.17, 15) is 0 Å². The van der Waals surface area contributed by atoms with Crippen LogP contribution in [0.5, 0.6) is 5.75 Å². The first-order valence-corrected chi connectivity index (χ1v) is 7.09. The zero-order valence-electron chi connectivity index (χ0n) is 12.9. The third-order valence-corrected chi connectivity index (χ3v) is 3.24. The van der Waals surface area contributed by atoms with Gasteiger partial charge in [-0.3, -0.25) is 4.98 Å². The Morgan fingerprint density at radius 3 is 2.52 bits per heavy atom. The maximum atomic E-state index is 5.89. The summed E-state index contributed by atoms with van der Waals surface area (Å²) in [5, 5.41) is 0. The molecule has 0 bridgehead atoms. The number of hydrogen-bond acceptors (Lipinski definition) is 2. The van der Waals surface area contributed by atoms with Crippen molar-refractivity contribution in [3.8, 4) is 5.75 Å². The molecule has 0 fully saturated rings. The zero-order chi connectivity index (χ0) is 15.2. The van der Waals surface area contributed by atoms with Gasteiger partial charge in [0.15, 0.2) is 0 Å². The van der Waals surface area contributed by atoms with Crippen LogP contribution < -0.4 is 4.74 Å². The number of nitrogens with zero attached hydrogens (tertiary/aromatic N) is 1. The van der Waals surface area contributed by atoms with Gasteiger partial charge in [0.2, 0.25) is 0 Å². The summed E-state index contributed by atoms with van der Waals surface area (Å²) in [6.07, 6.45) is 5.85. The second kappa shape index (κ2) is 6.89. The Morgan fingerprint density at radius 1 is 1.19 bits per heavy atom. The van der Waals surface area contributed by atoms with E-state index in [0.29, 0.717) is 6.61 Å². The first-order chi connectivity index (χ1) is 10.1. The topological polar surface area (TPSA) is 22.1 Å². The van der Waals surface area contributed by atoms with Gasteiger partial charge in [0.05, 0.1) is 5.69 Å². The SMILES string of the molecule is C=Cc1nc(C)cc(COc2ccc(C)cc2)c1/C=C\C. The van der Waals surface area contributed by atoms with E-state index >= 15 is 0 Å². The number of hydrogen-bond donors (Lipinski definition) is 0. The summed E-state index contributed by atoms with van der Waals surface area (Å²) in [6.45, 7) is 10.4. The summed E-state index contributed by atoms with van der Waals surface area (Å²) in [7, 11) is 0. The Morgan fingerprint density at radius 2 is 1.90 bits per heavy atom. The van der Waals surface area contributed by atoms with E-state index in [1.165, 1.54) is 5.56 Å². The predicted octanol–water partition coefficient (Wildman–Crippen LogP) is 4.95. The molecule has 0 unspecified atom stereocenters. The van der Waals surface area contributed by atoms with E-state index in [0.717, 1.165) is 28.3 Å². The lowest BCUT2D eigenvalue weighted by molar-refractivity contribution is 0.305. The third kappa shape index (κ3) is 3.82. The molecule has 1 aromatic carbocycles. The molecule has 0 spiro atoms. The smallest absolute Gasteiger partial charge is 0.119 e. The van der Waals surface area contributed by atoms with Crippen LogP contribution in [0.4, 0.5) is 0 Å². The van der Waals surface area contributed by atoms with Crippen LogP contribution in [0.2, 0.25) is 0 Å². The molecule has 0 aliphatic carbocycles. The van der Waals surface area contributed by atoms with E-state index in [1.54, 1.807) is 6.08 Å². The van der Waals surface area contributed by atoms with Crippen molar-refractivity contribution >= 4 is 12.2 Å². The molecule has 0 aliphatic rings. The van der Waals surface area contributed by atoms with Crippen molar-refractivity contribution in [3.63, 3.8) is 0 Å². The Bertz CT molecular complexity index is 654. The molecule has 0 saturated heterocycles. The number of ether oxygens (including phenoxy) is 1. The van der Waals surface area contributed by atoms with Crippen molar-refractivity contribution < 1.29 is 4.74 Å². The first-order valence-electron chi connectivity index (χ1n) is 7.09. The van der Waals surface area contributed by atoms with Gasteiger partial charge in [-0.05, 0) is 45.0 Å². The lowest BCUT2D eigenvalue weighted by Crippen LogP contribution is -2.02. The van der Waals surface area contributed by atoms with E-state index in [1.807, 2.05) is 32.1 Å². The Balaban J connectivity index is 2.28. The van der Waals surface area contributed by atoms with E-state index in [-0.39, 0.29) is 0 Å². The molecule has 0 N–H and O–H groups in total. The van der Waals surface area contributed by atoms with Gasteiger partial charge in [-0.1, -0.05) is 36.4 Å². The summed E-state index contributed by atoms with van der Waals surface area (Å²) in [5.74, 6) is 0.877. The molecule has 0 aliphatic heterocycles. The Kier molecular flexibility index (Phi) is 4.94. The monoisotopic (exact) mass is 279 g/mol. The van der Waals surface area contributed by atoms with Crippen LogP contribution in [0.3, 0.4) is 0 Å². The highest BCUT2D eigenvalue weighted by molar-refractivity contribution is 5.64. The number of aromatic nitrogens is 1. The normalized spacial score (nSPS) is 10.8. The van der Waals surface area contributed by atoms with Crippen molar-refractivity contribution in [2.45, 2.75) is 27.4 Å². The van der Waals surface area contributed by atoms with Crippen molar-refractivity contribution in [2.75, 3.05) is 0 Å². The van der Waals surface area contributed by atoms with Gasteiger partial charge in [-0.15, -0.1) is 0 Å². The minimum atomic E-state index is 0.521. The summed E-state index contributed by atoms with van der Waals surface area (Å²) in [5.41, 5.74) is 5.29. The van der Waals surface area contributed by atoms with Gasteiger partial charge in [-0.25, -0.2) is 0 Å². The molecular weight excluding hydrogens is 258 g/mol. The lowest BCUT2D eigenvalue weighted by atomic mass is 10.0. The molecular formula is C19H21NO. The van der Waals surface area contributed by atoms with Gasteiger partial charge in [0.1, 0.15) is 12.4 Å². The molecule has 0 amide bonds. The molecule has 108 valence electrons. The number of pyridine rings is 1.